The van der Waals surface area contributed by atoms with E-state index in [0.29, 0.717) is 25.1 Å². The van der Waals surface area contributed by atoms with E-state index in [1.54, 1.807) is 7.11 Å². The predicted octanol–water partition coefficient (Wildman–Crippen LogP) is 3.73. The van der Waals surface area contributed by atoms with Crippen LogP contribution in [0.5, 0.6) is 11.5 Å². The Morgan fingerprint density at radius 1 is 1.30 bits per heavy atom. The van der Waals surface area contributed by atoms with Crippen LogP contribution in [0.2, 0.25) is 0 Å². The Bertz CT molecular complexity index is 806. The van der Waals surface area contributed by atoms with Crippen LogP contribution in [-0.2, 0) is 6.54 Å². The minimum Gasteiger partial charge on any atom is -0.493 e. The van der Waals surface area contributed by atoms with E-state index in [4.69, 9.17) is 14.5 Å². The number of aliphatic imine (C=N–C) groups is 1. The van der Waals surface area contributed by atoms with E-state index in [0.717, 1.165) is 55.5 Å². The second kappa shape index (κ2) is 10.9. The first kappa shape index (κ1) is 22.0. The van der Waals surface area contributed by atoms with Crippen molar-refractivity contribution in [3.8, 4) is 11.5 Å². The Kier molecular flexibility index (Phi) is 7.99. The molecule has 7 nitrogen and oxygen atoms in total. The van der Waals surface area contributed by atoms with E-state index in [2.05, 4.69) is 52.8 Å². The van der Waals surface area contributed by atoms with Crippen LogP contribution in [0.25, 0.3) is 0 Å². The predicted molar refractivity (Wildman–Crippen MR) is 120 cm³/mol. The number of imidazole rings is 1. The van der Waals surface area contributed by atoms with Crippen LogP contribution in [0.1, 0.15) is 45.2 Å². The molecule has 1 aromatic carbocycles. The first-order chi connectivity index (χ1) is 14.7. The minimum atomic E-state index is 0.403. The lowest BCUT2D eigenvalue weighted by atomic mass is 9.93. The third-order valence-corrected chi connectivity index (χ3v) is 5.56. The Hall–Kier alpha value is -2.70. The number of ether oxygens (including phenoxy) is 2. The maximum absolute atomic E-state index is 5.76. The molecule has 1 fully saturated rings. The number of nitrogens with one attached hydrogen (secondary N) is 1. The molecule has 1 saturated heterocycles. The number of nitrogens with zero attached hydrogens (tertiary/aromatic N) is 4. The maximum Gasteiger partial charge on any atom is 0.194 e. The summed E-state index contributed by atoms with van der Waals surface area (Å²) in [6.07, 6.45) is 7.93. The SMILES string of the molecule is CCCOc1ccc(CN=C(NCC)N2CCC(C)C(n3ccnc3)C2)cc1OC. The molecule has 30 heavy (non-hydrogen) atoms. The second-order valence-corrected chi connectivity index (χ2v) is 7.79. The largest absolute Gasteiger partial charge is 0.493 e. The van der Waals surface area contributed by atoms with Crippen molar-refractivity contribution in [2.75, 3.05) is 33.4 Å². The zero-order chi connectivity index (χ0) is 21.3. The summed E-state index contributed by atoms with van der Waals surface area (Å²) in [5, 5.41) is 3.47. The fraction of sp³-hybridized carbons (Fsp3) is 0.565. The number of guanidine groups is 1. The highest BCUT2D eigenvalue weighted by Gasteiger charge is 2.28. The second-order valence-electron chi connectivity index (χ2n) is 7.79. The van der Waals surface area contributed by atoms with E-state index < -0.39 is 0 Å². The Balaban J connectivity index is 1.72. The topological polar surface area (TPSA) is 63.9 Å². The van der Waals surface area contributed by atoms with Crippen molar-refractivity contribution in [3.63, 3.8) is 0 Å². The standard InChI is InChI=1S/C23H35N5O2/c1-5-13-30-21-8-7-19(14-22(21)29-4)15-26-23(25-6-2)27-11-9-18(3)20(16-27)28-12-10-24-17-28/h7-8,10,12,14,17-18,20H,5-6,9,11,13,15-16H2,1-4H3,(H,25,26). The van der Waals surface area contributed by atoms with Gasteiger partial charge in [0.05, 0.1) is 32.6 Å². The highest BCUT2D eigenvalue weighted by Crippen LogP contribution is 2.29. The molecule has 2 aromatic rings. The summed E-state index contributed by atoms with van der Waals surface area (Å²) in [6.45, 7) is 10.6. The Morgan fingerprint density at radius 2 is 2.17 bits per heavy atom. The molecule has 0 bridgehead atoms. The highest BCUT2D eigenvalue weighted by molar-refractivity contribution is 5.80. The smallest absolute Gasteiger partial charge is 0.194 e. The molecule has 2 unspecified atom stereocenters. The number of methoxy groups -OCH3 is 1. The molecular formula is C23H35N5O2. The van der Waals surface area contributed by atoms with Crippen molar-refractivity contribution in [1.82, 2.24) is 19.8 Å². The third-order valence-electron chi connectivity index (χ3n) is 5.56. The summed E-state index contributed by atoms with van der Waals surface area (Å²) < 4.78 is 13.5. The zero-order valence-electron chi connectivity index (χ0n) is 18.7. The number of likely N-dealkylation sites (tertiary alicyclic amines) is 1. The van der Waals surface area contributed by atoms with Gasteiger partial charge >= 0.3 is 0 Å². The first-order valence-electron chi connectivity index (χ1n) is 11.0. The number of aromatic nitrogens is 2. The third kappa shape index (κ3) is 5.46. The van der Waals surface area contributed by atoms with Crippen LogP contribution in [0.4, 0.5) is 0 Å². The summed E-state index contributed by atoms with van der Waals surface area (Å²) in [5.74, 6) is 3.11. The van der Waals surface area contributed by atoms with Gasteiger partial charge in [-0.05, 0) is 43.4 Å². The summed E-state index contributed by atoms with van der Waals surface area (Å²) in [6, 6.07) is 6.46. The lowest BCUT2D eigenvalue weighted by Gasteiger charge is -2.39. The van der Waals surface area contributed by atoms with Crippen molar-refractivity contribution in [1.29, 1.82) is 0 Å². The molecule has 1 aliphatic heterocycles. The summed E-state index contributed by atoms with van der Waals surface area (Å²) >= 11 is 0. The lowest BCUT2D eigenvalue weighted by molar-refractivity contribution is 0.189. The van der Waals surface area contributed by atoms with E-state index in [9.17, 15) is 0 Å². The monoisotopic (exact) mass is 413 g/mol. The van der Waals surface area contributed by atoms with Crippen LogP contribution >= 0.6 is 0 Å². The van der Waals surface area contributed by atoms with Gasteiger partial charge in [0.2, 0.25) is 0 Å². The summed E-state index contributed by atoms with van der Waals surface area (Å²) in [7, 11) is 1.68. The molecule has 0 amide bonds. The van der Waals surface area contributed by atoms with Crippen LogP contribution in [0.15, 0.2) is 41.9 Å². The molecule has 1 N–H and O–H groups in total. The van der Waals surface area contributed by atoms with E-state index in [1.807, 2.05) is 24.7 Å². The van der Waals surface area contributed by atoms with Crippen molar-refractivity contribution in [3.05, 3.63) is 42.5 Å². The summed E-state index contributed by atoms with van der Waals surface area (Å²) in [4.78, 5) is 11.5. The molecule has 7 heteroatoms. The van der Waals surface area contributed by atoms with Gasteiger partial charge in [0.1, 0.15) is 0 Å². The van der Waals surface area contributed by atoms with Gasteiger partial charge in [-0.25, -0.2) is 9.98 Å². The molecule has 2 heterocycles. The number of piperidine rings is 1. The molecule has 3 rings (SSSR count). The number of hydrogen-bond donors (Lipinski definition) is 1. The quantitative estimate of drug-likeness (QED) is 0.528. The van der Waals surface area contributed by atoms with Gasteiger partial charge in [0, 0.05) is 32.0 Å². The number of rotatable bonds is 8. The molecule has 164 valence electrons. The normalized spacial score (nSPS) is 19.6. The molecular weight excluding hydrogens is 378 g/mol. The van der Waals surface area contributed by atoms with Crippen LogP contribution < -0.4 is 14.8 Å². The Labute approximate surface area is 180 Å². The van der Waals surface area contributed by atoms with E-state index in [-0.39, 0.29) is 0 Å². The van der Waals surface area contributed by atoms with Crippen molar-refractivity contribution < 1.29 is 9.47 Å². The molecule has 1 aliphatic rings. The van der Waals surface area contributed by atoms with Gasteiger partial charge in [-0.2, -0.15) is 0 Å². The van der Waals surface area contributed by atoms with Gasteiger partial charge < -0.3 is 24.3 Å². The lowest BCUT2D eigenvalue weighted by Crippen LogP contribution is -2.49. The van der Waals surface area contributed by atoms with Crippen LogP contribution in [0.3, 0.4) is 0 Å². The average molecular weight is 414 g/mol. The van der Waals surface area contributed by atoms with E-state index >= 15 is 0 Å². The van der Waals surface area contributed by atoms with Crippen LogP contribution in [-0.4, -0.2) is 53.8 Å². The van der Waals surface area contributed by atoms with E-state index in [1.165, 1.54) is 0 Å². The van der Waals surface area contributed by atoms with Crippen molar-refractivity contribution in [2.24, 2.45) is 10.9 Å². The highest BCUT2D eigenvalue weighted by atomic mass is 16.5. The van der Waals surface area contributed by atoms with Gasteiger partial charge in [0.15, 0.2) is 17.5 Å². The zero-order valence-corrected chi connectivity index (χ0v) is 18.7. The number of benzene rings is 1. The molecule has 0 aliphatic carbocycles. The van der Waals surface area contributed by atoms with Gasteiger partial charge in [-0.15, -0.1) is 0 Å². The fourth-order valence-corrected chi connectivity index (χ4v) is 3.83. The van der Waals surface area contributed by atoms with Crippen LogP contribution in [0, 0.1) is 5.92 Å². The first-order valence-corrected chi connectivity index (χ1v) is 11.0. The molecule has 2 atom stereocenters. The summed E-state index contributed by atoms with van der Waals surface area (Å²) in [5.41, 5.74) is 1.10. The van der Waals surface area contributed by atoms with Gasteiger partial charge in [-0.3, -0.25) is 0 Å². The maximum atomic E-state index is 5.76. The fourth-order valence-electron chi connectivity index (χ4n) is 3.83. The molecule has 1 aromatic heterocycles. The minimum absolute atomic E-state index is 0.403. The number of hydrogen-bond acceptors (Lipinski definition) is 4. The van der Waals surface area contributed by atoms with Gasteiger partial charge in [-0.1, -0.05) is 19.9 Å². The van der Waals surface area contributed by atoms with Crippen molar-refractivity contribution in [2.45, 2.75) is 46.2 Å². The molecule has 0 saturated carbocycles. The Morgan fingerprint density at radius 3 is 2.87 bits per heavy atom. The average Bonchev–Trinajstić information content (AvgIpc) is 3.30. The molecule has 0 radical (unpaired) electrons. The molecule has 0 spiro atoms. The van der Waals surface area contributed by atoms with Crippen molar-refractivity contribution >= 4 is 5.96 Å². The van der Waals surface area contributed by atoms with Gasteiger partial charge in [0.25, 0.3) is 0 Å².